The first kappa shape index (κ1) is 20.6. The molecule has 1 fully saturated rings. The number of H-pyrrole nitrogens is 1. The highest BCUT2D eigenvalue weighted by molar-refractivity contribution is 5.94. The van der Waals surface area contributed by atoms with Crippen LogP contribution in [-0.4, -0.2) is 53.1 Å². The number of carbonyl (C=O) groups excluding carboxylic acids is 1. The van der Waals surface area contributed by atoms with Crippen LogP contribution in [0.3, 0.4) is 0 Å². The molecule has 3 aromatic rings. The normalized spacial score (nSPS) is 18.1. The standard InChI is InChI=1S/C23H24N4O4/c1-14-25-19(10-22(28)26-14)18-13-27(23(29)16-5-4-8-24-11-16)12-17(18)15-6-7-20(30-2)21(9-15)31-3/h4-11,17-18H,12-13H2,1-3H3,(H,25,26,28)/t17-,18+/m0/s1. The van der Waals surface area contributed by atoms with Gasteiger partial charge in [0, 0.05) is 43.4 Å². The van der Waals surface area contributed by atoms with Gasteiger partial charge in [-0.25, -0.2) is 4.98 Å². The summed E-state index contributed by atoms with van der Waals surface area (Å²) in [7, 11) is 3.18. The number of hydrogen-bond donors (Lipinski definition) is 1. The van der Waals surface area contributed by atoms with Crippen LogP contribution >= 0.6 is 0 Å². The Labute approximate surface area is 179 Å². The quantitative estimate of drug-likeness (QED) is 0.681. The summed E-state index contributed by atoms with van der Waals surface area (Å²) in [6.07, 6.45) is 3.20. The Morgan fingerprint density at radius 3 is 2.55 bits per heavy atom. The van der Waals surface area contributed by atoms with Gasteiger partial charge in [0.1, 0.15) is 5.82 Å². The summed E-state index contributed by atoms with van der Waals surface area (Å²) in [6.45, 7) is 2.69. The number of amides is 1. The van der Waals surface area contributed by atoms with Gasteiger partial charge < -0.3 is 19.4 Å². The summed E-state index contributed by atoms with van der Waals surface area (Å²) < 4.78 is 10.8. The molecule has 31 heavy (non-hydrogen) atoms. The van der Waals surface area contributed by atoms with E-state index >= 15 is 0 Å². The van der Waals surface area contributed by atoms with Crippen molar-refractivity contribution in [1.82, 2.24) is 19.9 Å². The van der Waals surface area contributed by atoms with Gasteiger partial charge in [0.25, 0.3) is 11.5 Å². The number of benzene rings is 1. The molecule has 2 aromatic heterocycles. The first-order valence-electron chi connectivity index (χ1n) is 9.99. The van der Waals surface area contributed by atoms with Gasteiger partial charge in [-0.2, -0.15) is 0 Å². The van der Waals surface area contributed by atoms with Crippen LogP contribution in [0.1, 0.15) is 39.3 Å². The van der Waals surface area contributed by atoms with Gasteiger partial charge in [0.15, 0.2) is 11.5 Å². The highest BCUT2D eigenvalue weighted by Gasteiger charge is 2.39. The summed E-state index contributed by atoms with van der Waals surface area (Å²) in [5.74, 6) is 1.50. The smallest absolute Gasteiger partial charge is 0.255 e. The molecule has 160 valence electrons. The maximum Gasteiger partial charge on any atom is 0.255 e. The number of methoxy groups -OCH3 is 2. The van der Waals surface area contributed by atoms with Crippen molar-refractivity contribution >= 4 is 5.91 Å². The highest BCUT2D eigenvalue weighted by atomic mass is 16.5. The molecule has 4 rings (SSSR count). The molecule has 8 heteroatoms. The molecule has 1 amide bonds. The largest absolute Gasteiger partial charge is 0.493 e. The molecule has 0 bridgehead atoms. The number of aromatic amines is 1. The monoisotopic (exact) mass is 420 g/mol. The first-order valence-corrected chi connectivity index (χ1v) is 9.99. The molecule has 3 heterocycles. The van der Waals surface area contributed by atoms with Crippen LogP contribution in [0.5, 0.6) is 11.5 Å². The van der Waals surface area contributed by atoms with Crippen LogP contribution in [-0.2, 0) is 0 Å². The molecule has 1 aliphatic heterocycles. The molecule has 2 atom stereocenters. The number of pyridine rings is 1. The Balaban J connectivity index is 1.74. The van der Waals surface area contributed by atoms with Crippen molar-refractivity contribution in [3.63, 3.8) is 0 Å². The molecule has 0 radical (unpaired) electrons. The molecule has 8 nitrogen and oxygen atoms in total. The average molecular weight is 420 g/mol. The lowest BCUT2D eigenvalue weighted by atomic mass is 9.86. The molecule has 0 aliphatic carbocycles. The van der Waals surface area contributed by atoms with Gasteiger partial charge in [-0.05, 0) is 36.8 Å². The van der Waals surface area contributed by atoms with Gasteiger partial charge in [0.05, 0.1) is 25.5 Å². The van der Waals surface area contributed by atoms with Crippen molar-refractivity contribution in [2.24, 2.45) is 0 Å². The van der Waals surface area contributed by atoms with E-state index in [1.807, 2.05) is 18.2 Å². The van der Waals surface area contributed by atoms with Crippen molar-refractivity contribution in [2.45, 2.75) is 18.8 Å². The van der Waals surface area contributed by atoms with Crippen molar-refractivity contribution in [2.75, 3.05) is 27.3 Å². The Bertz CT molecular complexity index is 1150. The predicted octanol–water partition coefficient (Wildman–Crippen LogP) is 2.51. The number of likely N-dealkylation sites (tertiary alicyclic amines) is 1. The highest BCUT2D eigenvalue weighted by Crippen LogP contribution is 2.41. The summed E-state index contributed by atoms with van der Waals surface area (Å²) in [4.78, 5) is 38.3. The zero-order valence-corrected chi connectivity index (χ0v) is 17.7. The lowest BCUT2D eigenvalue weighted by Crippen LogP contribution is -2.29. The van der Waals surface area contributed by atoms with Crippen molar-refractivity contribution in [1.29, 1.82) is 0 Å². The minimum absolute atomic E-state index is 0.0610. The topological polar surface area (TPSA) is 97.4 Å². The van der Waals surface area contributed by atoms with Crippen molar-refractivity contribution in [3.05, 3.63) is 81.8 Å². The van der Waals surface area contributed by atoms with E-state index in [0.717, 1.165) is 5.56 Å². The molecular weight excluding hydrogens is 396 g/mol. The Kier molecular flexibility index (Phi) is 5.70. The second-order valence-electron chi connectivity index (χ2n) is 7.53. The second-order valence-corrected chi connectivity index (χ2v) is 7.53. The van der Waals surface area contributed by atoms with Gasteiger partial charge in [-0.3, -0.25) is 14.6 Å². The van der Waals surface area contributed by atoms with Crippen molar-refractivity contribution < 1.29 is 14.3 Å². The van der Waals surface area contributed by atoms with E-state index < -0.39 is 0 Å². The fourth-order valence-electron chi connectivity index (χ4n) is 4.15. The number of rotatable bonds is 5. The predicted molar refractivity (Wildman–Crippen MR) is 115 cm³/mol. The molecule has 0 spiro atoms. The number of ether oxygens (including phenoxy) is 2. The number of carbonyl (C=O) groups is 1. The Morgan fingerprint density at radius 1 is 1.10 bits per heavy atom. The fourth-order valence-corrected chi connectivity index (χ4v) is 4.15. The lowest BCUT2D eigenvalue weighted by Gasteiger charge is -2.19. The summed E-state index contributed by atoms with van der Waals surface area (Å²) in [6, 6.07) is 10.8. The third-order valence-corrected chi connectivity index (χ3v) is 5.61. The lowest BCUT2D eigenvalue weighted by molar-refractivity contribution is 0.0788. The molecule has 1 N–H and O–H groups in total. The number of hydrogen-bond acceptors (Lipinski definition) is 6. The van der Waals surface area contributed by atoms with Crippen LogP contribution in [0.25, 0.3) is 0 Å². The van der Waals surface area contributed by atoms with E-state index in [2.05, 4.69) is 15.0 Å². The SMILES string of the molecule is COc1ccc([C@@H]2CN(C(=O)c3cccnc3)C[C@H]2c2cc(=O)[nH]c(C)n2)cc1OC. The van der Waals surface area contributed by atoms with Crippen LogP contribution < -0.4 is 15.0 Å². The minimum atomic E-state index is -0.203. The average Bonchev–Trinajstić information content (AvgIpc) is 3.23. The van der Waals surface area contributed by atoms with Crippen LogP contribution in [0, 0.1) is 6.92 Å². The van der Waals surface area contributed by atoms with Crippen LogP contribution in [0.2, 0.25) is 0 Å². The van der Waals surface area contributed by atoms with Crippen LogP contribution in [0.4, 0.5) is 0 Å². The number of nitrogens with one attached hydrogen (secondary N) is 1. The zero-order chi connectivity index (χ0) is 22.0. The van der Waals surface area contributed by atoms with E-state index in [9.17, 15) is 9.59 Å². The van der Waals surface area contributed by atoms with E-state index in [0.29, 0.717) is 41.7 Å². The Morgan fingerprint density at radius 2 is 1.87 bits per heavy atom. The summed E-state index contributed by atoms with van der Waals surface area (Å²) >= 11 is 0. The maximum absolute atomic E-state index is 13.1. The third kappa shape index (κ3) is 4.14. The minimum Gasteiger partial charge on any atom is -0.493 e. The van der Waals surface area contributed by atoms with E-state index in [1.54, 1.807) is 50.6 Å². The van der Waals surface area contributed by atoms with E-state index in [-0.39, 0.29) is 23.3 Å². The fraction of sp³-hybridized carbons (Fsp3) is 0.304. The van der Waals surface area contributed by atoms with Crippen LogP contribution in [0.15, 0.2) is 53.6 Å². The second kappa shape index (κ2) is 8.59. The molecule has 1 aromatic carbocycles. The number of aromatic nitrogens is 3. The molecule has 1 aliphatic rings. The number of aryl methyl sites for hydroxylation is 1. The van der Waals surface area contributed by atoms with Gasteiger partial charge in [0.2, 0.25) is 0 Å². The van der Waals surface area contributed by atoms with Gasteiger partial charge in [-0.15, -0.1) is 0 Å². The number of nitrogens with zero attached hydrogens (tertiary/aromatic N) is 3. The maximum atomic E-state index is 13.1. The van der Waals surface area contributed by atoms with Gasteiger partial charge in [-0.1, -0.05) is 6.07 Å². The summed E-state index contributed by atoms with van der Waals surface area (Å²) in [5, 5.41) is 0. The van der Waals surface area contributed by atoms with E-state index in [1.165, 1.54) is 6.07 Å². The molecule has 1 saturated heterocycles. The van der Waals surface area contributed by atoms with Gasteiger partial charge >= 0.3 is 0 Å². The molecule has 0 saturated carbocycles. The molecular formula is C23H24N4O4. The van der Waals surface area contributed by atoms with E-state index in [4.69, 9.17) is 9.47 Å². The zero-order valence-electron chi connectivity index (χ0n) is 17.7. The molecule has 0 unspecified atom stereocenters. The first-order chi connectivity index (χ1) is 15.0. The Hall–Kier alpha value is -3.68. The van der Waals surface area contributed by atoms with Crippen molar-refractivity contribution in [3.8, 4) is 11.5 Å². The summed E-state index contributed by atoms with van der Waals surface area (Å²) in [5.41, 5.74) is 1.99. The third-order valence-electron chi connectivity index (χ3n) is 5.61.